The lowest BCUT2D eigenvalue weighted by atomic mass is 10.2. The van der Waals surface area contributed by atoms with Crippen LogP contribution in [-0.2, 0) is 6.42 Å². The summed E-state index contributed by atoms with van der Waals surface area (Å²) in [6.07, 6.45) is 3.70. The first-order chi connectivity index (χ1) is 9.65. The fraction of sp³-hybridized carbons (Fsp3) is 0.357. The maximum atomic E-state index is 4.63. The number of anilines is 1. The molecule has 6 heteroatoms. The molecule has 0 saturated carbocycles. The lowest BCUT2D eigenvalue weighted by Crippen LogP contribution is -2.06. The van der Waals surface area contributed by atoms with Crippen molar-refractivity contribution in [1.29, 1.82) is 0 Å². The maximum Gasteiger partial charge on any atom is 0.180 e. The van der Waals surface area contributed by atoms with Gasteiger partial charge in [0.15, 0.2) is 5.82 Å². The largest absolute Gasteiger partial charge is 0.369 e. The minimum Gasteiger partial charge on any atom is -0.369 e. The van der Waals surface area contributed by atoms with Gasteiger partial charge in [-0.25, -0.2) is 9.97 Å². The van der Waals surface area contributed by atoms with Crippen LogP contribution in [0, 0.1) is 0 Å². The van der Waals surface area contributed by atoms with Crippen molar-refractivity contribution < 1.29 is 0 Å². The third-order valence-corrected chi connectivity index (χ3v) is 4.01. The molecule has 0 atom stereocenters. The van der Waals surface area contributed by atoms with E-state index in [0.717, 1.165) is 45.5 Å². The third kappa shape index (κ3) is 3.55. The Balaban J connectivity index is 2.49. The van der Waals surface area contributed by atoms with Crippen LogP contribution in [0.5, 0.6) is 0 Å². The highest BCUT2D eigenvalue weighted by Crippen LogP contribution is 2.27. The molecule has 0 saturated heterocycles. The summed E-state index contributed by atoms with van der Waals surface area (Å²) >= 11 is 6.97. The SMILES string of the molecule is CCCc1nc(-c2ccc(Br)cn2)nc(NCC)c1Br. The number of hydrogen-bond acceptors (Lipinski definition) is 4. The van der Waals surface area contributed by atoms with Crippen LogP contribution in [0.25, 0.3) is 11.5 Å². The van der Waals surface area contributed by atoms with Gasteiger partial charge in [-0.2, -0.15) is 0 Å². The normalized spacial score (nSPS) is 10.6. The zero-order chi connectivity index (χ0) is 14.5. The summed E-state index contributed by atoms with van der Waals surface area (Å²) in [6.45, 7) is 5.00. The van der Waals surface area contributed by atoms with Gasteiger partial charge < -0.3 is 5.32 Å². The first-order valence-electron chi connectivity index (χ1n) is 6.57. The molecule has 1 N–H and O–H groups in total. The molecule has 106 valence electrons. The van der Waals surface area contributed by atoms with E-state index in [2.05, 4.69) is 59.1 Å². The van der Waals surface area contributed by atoms with Gasteiger partial charge in [0.25, 0.3) is 0 Å². The topological polar surface area (TPSA) is 50.7 Å². The van der Waals surface area contributed by atoms with E-state index in [9.17, 15) is 0 Å². The van der Waals surface area contributed by atoms with E-state index in [1.165, 1.54) is 0 Å². The summed E-state index contributed by atoms with van der Waals surface area (Å²) in [4.78, 5) is 13.6. The van der Waals surface area contributed by atoms with Crippen molar-refractivity contribution in [2.45, 2.75) is 26.7 Å². The van der Waals surface area contributed by atoms with Crippen molar-refractivity contribution in [1.82, 2.24) is 15.0 Å². The summed E-state index contributed by atoms with van der Waals surface area (Å²) < 4.78 is 1.89. The number of hydrogen-bond donors (Lipinski definition) is 1. The van der Waals surface area contributed by atoms with Crippen LogP contribution in [0.15, 0.2) is 27.3 Å². The van der Waals surface area contributed by atoms with Gasteiger partial charge in [-0.1, -0.05) is 13.3 Å². The average molecular weight is 400 g/mol. The molecule has 0 amide bonds. The number of nitrogens with zero attached hydrogens (tertiary/aromatic N) is 3. The first kappa shape index (κ1) is 15.4. The van der Waals surface area contributed by atoms with E-state index < -0.39 is 0 Å². The lowest BCUT2D eigenvalue weighted by Gasteiger charge is -2.11. The Bertz CT molecular complexity index is 557. The zero-order valence-electron chi connectivity index (χ0n) is 11.5. The van der Waals surface area contributed by atoms with Crippen LogP contribution in [0.2, 0.25) is 0 Å². The number of aromatic nitrogens is 3. The van der Waals surface area contributed by atoms with Gasteiger partial charge in [-0.15, -0.1) is 0 Å². The van der Waals surface area contributed by atoms with Gasteiger partial charge in [0.2, 0.25) is 0 Å². The highest BCUT2D eigenvalue weighted by Gasteiger charge is 2.13. The number of aryl methyl sites for hydroxylation is 1. The molecule has 0 radical (unpaired) electrons. The second kappa shape index (κ2) is 7.13. The van der Waals surface area contributed by atoms with Crippen LogP contribution in [0.3, 0.4) is 0 Å². The maximum absolute atomic E-state index is 4.63. The molecule has 0 unspecified atom stereocenters. The molecule has 2 heterocycles. The van der Waals surface area contributed by atoms with Gasteiger partial charge in [0.1, 0.15) is 11.5 Å². The fourth-order valence-electron chi connectivity index (χ4n) is 1.80. The average Bonchev–Trinajstić information content (AvgIpc) is 2.44. The van der Waals surface area contributed by atoms with E-state index >= 15 is 0 Å². The molecule has 4 nitrogen and oxygen atoms in total. The fourth-order valence-corrected chi connectivity index (χ4v) is 2.55. The minimum atomic E-state index is 0.653. The Labute approximate surface area is 135 Å². The molecule has 2 rings (SSSR count). The van der Waals surface area contributed by atoms with Gasteiger partial charge in [0, 0.05) is 17.2 Å². The van der Waals surface area contributed by atoms with Gasteiger partial charge >= 0.3 is 0 Å². The number of halogens is 2. The smallest absolute Gasteiger partial charge is 0.180 e. The molecule has 2 aromatic heterocycles. The molecular weight excluding hydrogens is 384 g/mol. The molecule has 0 fully saturated rings. The minimum absolute atomic E-state index is 0.653. The lowest BCUT2D eigenvalue weighted by molar-refractivity contribution is 0.866. The predicted octanol–water partition coefficient (Wildman–Crippen LogP) is 4.45. The third-order valence-electron chi connectivity index (χ3n) is 2.71. The Kier molecular flexibility index (Phi) is 5.48. The van der Waals surface area contributed by atoms with Crippen molar-refractivity contribution in [2.24, 2.45) is 0 Å². The molecule has 0 aromatic carbocycles. The Hall–Kier alpha value is -1.01. The van der Waals surface area contributed by atoms with Crippen molar-refractivity contribution in [3.63, 3.8) is 0 Å². The van der Waals surface area contributed by atoms with E-state index in [1.54, 1.807) is 6.20 Å². The molecule has 20 heavy (non-hydrogen) atoms. The highest BCUT2D eigenvalue weighted by molar-refractivity contribution is 9.10. The molecular formula is C14H16Br2N4. The van der Waals surface area contributed by atoms with Crippen LogP contribution < -0.4 is 5.32 Å². The highest BCUT2D eigenvalue weighted by atomic mass is 79.9. The number of pyridine rings is 1. The molecule has 0 spiro atoms. The molecule has 2 aromatic rings. The summed E-state index contributed by atoms with van der Waals surface area (Å²) in [5.74, 6) is 1.48. The monoisotopic (exact) mass is 398 g/mol. The summed E-state index contributed by atoms with van der Waals surface area (Å²) in [5.41, 5.74) is 1.79. The summed E-state index contributed by atoms with van der Waals surface area (Å²) in [7, 11) is 0. The van der Waals surface area contributed by atoms with Gasteiger partial charge in [-0.05, 0) is 57.3 Å². The summed E-state index contributed by atoms with van der Waals surface area (Å²) in [5, 5.41) is 3.26. The zero-order valence-corrected chi connectivity index (χ0v) is 14.6. The van der Waals surface area contributed by atoms with E-state index in [-0.39, 0.29) is 0 Å². The number of rotatable bonds is 5. The van der Waals surface area contributed by atoms with Crippen LogP contribution in [-0.4, -0.2) is 21.5 Å². The van der Waals surface area contributed by atoms with E-state index in [0.29, 0.717) is 5.82 Å². The van der Waals surface area contributed by atoms with Gasteiger partial charge in [0.05, 0.1) is 10.2 Å². The Morgan fingerprint density at radius 2 is 1.95 bits per heavy atom. The van der Waals surface area contributed by atoms with Crippen LogP contribution in [0.1, 0.15) is 26.0 Å². The molecule has 0 aliphatic carbocycles. The first-order valence-corrected chi connectivity index (χ1v) is 8.16. The second-order valence-corrected chi connectivity index (χ2v) is 6.01. The van der Waals surface area contributed by atoms with Crippen molar-refractivity contribution >= 4 is 37.7 Å². The second-order valence-electron chi connectivity index (χ2n) is 4.30. The summed E-state index contributed by atoms with van der Waals surface area (Å²) in [6, 6.07) is 3.86. The van der Waals surface area contributed by atoms with E-state index in [4.69, 9.17) is 0 Å². The Morgan fingerprint density at radius 1 is 1.15 bits per heavy atom. The van der Waals surface area contributed by atoms with Crippen molar-refractivity contribution in [3.8, 4) is 11.5 Å². The van der Waals surface area contributed by atoms with E-state index in [1.807, 2.05) is 19.1 Å². The van der Waals surface area contributed by atoms with Crippen LogP contribution in [0.4, 0.5) is 5.82 Å². The number of nitrogens with one attached hydrogen (secondary N) is 1. The Morgan fingerprint density at radius 3 is 2.55 bits per heavy atom. The van der Waals surface area contributed by atoms with Crippen molar-refractivity contribution in [2.75, 3.05) is 11.9 Å². The molecule has 0 bridgehead atoms. The quantitative estimate of drug-likeness (QED) is 0.806. The molecule has 0 aliphatic rings. The predicted molar refractivity (Wildman–Crippen MR) is 88.8 cm³/mol. The van der Waals surface area contributed by atoms with Crippen LogP contribution >= 0.6 is 31.9 Å². The van der Waals surface area contributed by atoms with Crippen molar-refractivity contribution in [3.05, 3.63) is 33.0 Å². The molecule has 0 aliphatic heterocycles. The van der Waals surface area contributed by atoms with Gasteiger partial charge in [-0.3, -0.25) is 4.98 Å². The standard InChI is InChI=1S/C14H16Br2N4/c1-3-5-10-12(16)14(17-4-2)20-13(19-10)11-7-6-9(15)8-18-11/h6-8H,3-5H2,1-2H3,(H,17,19,20).